The summed E-state index contributed by atoms with van der Waals surface area (Å²) < 4.78 is 5.52. The van der Waals surface area contributed by atoms with Crippen LogP contribution < -0.4 is 10.1 Å². The molecule has 0 bridgehead atoms. The molecule has 21 heavy (non-hydrogen) atoms. The largest absolute Gasteiger partial charge is 0.434 e. The first kappa shape index (κ1) is 14.7. The van der Waals surface area contributed by atoms with Gasteiger partial charge in [-0.2, -0.15) is 4.98 Å². The Morgan fingerprint density at radius 1 is 1.24 bits per heavy atom. The number of nitro groups is 1. The van der Waals surface area contributed by atoms with Crippen molar-refractivity contribution in [2.45, 2.75) is 20.3 Å². The summed E-state index contributed by atoms with van der Waals surface area (Å²) in [6.45, 7) is 4.39. The molecular weight excluding hydrogens is 272 g/mol. The predicted octanol–water partition coefficient (Wildman–Crippen LogP) is 3.17. The fourth-order valence-electron chi connectivity index (χ4n) is 1.80. The van der Waals surface area contributed by atoms with Crippen LogP contribution in [0.4, 0.5) is 11.5 Å². The molecule has 0 radical (unpaired) electrons. The van der Waals surface area contributed by atoms with Crippen molar-refractivity contribution in [3.8, 4) is 11.6 Å². The second-order valence-electron chi connectivity index (χ2n) is 4.26. The number of hydrogen-bond acceptors (Lipinski definition) is 6. The average molecular weight is 288 g/mol. The lowest BCUT2D eigenvalue weighted by atomic mass is 10.2. The van der Waals surface area contributed by atoms with E-state index in [1.165, 1.54) is 6.33 Å². The topological polar surface area (TPSA) is 90.2 Å². The molecule has 7 heteroatoms. The van der Waals surface area contributed by atoms with Crippen molar-refractivity contribution in [3.63, 3.8) is 0 Å². The molecule has 1 heterocycles. The molecule has 0 spiro atoms. The van der Waals surface area contributed by atoms with Gasteiger partial charge in [0.05, 0.1) is 4.92 Å². The van der Waals surface area contributed by atoms with Crippen molar-refractivity contribution in [2.24, 2.45) is 0 Å². The number of aryl methyl sites for hydroxylation is 1. The van der Waals surface area contributed by atoms with E-state index in [1.807, 2.05) is 26.0 Å². The highest BCUT2D eigenvalue weighted by molar-refractivity contribution is 5.61. The van der Waals surface area contributed by atoms with Gasteiger partial charge in [0.25, 0.3) is 0 Å². The van der Waals surface area contributed by atoms with E-state index in [9.17, 15) is 10.1 Å². The maximum Gasteiger partial charge on any atom is 0.373 e. The van der Waals surface area contributed by atoms with Crippen LogP contribution in [0.2, 0.25) is 0 Å². The second-order valence-corrected chi connectivity index (χ2v) is 4.26. The third kappa shape index (κ3) is 3.44. The van der Waals surface area contributed by atoms with Gasteiger partial charge in [0.15, 0.2) is 0 Å². The lowest BCUT2D eigenvalue weighted by Crippen LogP contribution is -2.06. The summed E-state index contributed by atoms with van der Waals surface area (Å²) in [7, 11) is 0. The number of ether oxygens (including phenoxy) is 1. The molecule has 110 valence electrons. The van der Waals surface area contributed by atoms with Crippen molar-refractivity contribution < 1.29 is 9.66 Å². The number of aromatic nitrogens is 2. The molecule has 0 fully saturated rings. The minimum atomic E-state index is -0.548. The van der Waals surface area contributed by atoms with Gasteiger partial charge in [-0.05, 0) is 31.0 Å². The molecule has 0 aliphatic heterocycles. The van der Waals surface area contributed by atoms with Crippen molar-refractivity contribution in [3.05, 3.63) is 46.3 Å². The Hall–Kier alpha value is -2.70. The van der Waals surface area contributed by atoms with Crippen LogP contribution in [0.25, 0.3) is 0 Å². The number of nitrogens with one attached hydrogen (secondary N) is 1. The van der Waals surface area contributed by atoms with Crippen LogP contribution in [0.1, 0.15) is 19.4 Å². The molecule has 1 aromatic heterocycles. The molecule has 7 nitrogen and oxygen atoms in total. The maximum atomic E-state index is 11.2. The minimum absolute atomic E-state index is 0.0739. The van der Waals surface area contributed by atoms with E-state index >= 15 is 0 Å². The lowest BCUT2D eigenvalue weighted by molar-refractivity contribution is -0.385. The van der Waals surface area contributed by atoms with Gasteiger partial charge in [-0.1, -0.05) is 19.1 Å². The van der Waals surface area contributed by atoms with Crippen molar-refractivity contribution in [2.75, 3.05) is 11.9 Å². The summed E-state index contributed by atoms with van der Waals surface area (Å²) in [5, 5.41) is 14.0. The third-order valence-electron chi connectivity index (χ3n) is 2.86. The number of benzene rings is 1. The number of hydrogen-bond donors (Lipinski definition) is 1. The van der Waals surface area contributed by atoms with Gasteiger partial charge in [0.2, 0.25) is 5.82 Å². The van der Waals surface area contributed by atoms with Crippen LogP contribution in [0.5, 0.6) is 11.6 Å². The Morgan fingerprint density at radius 2 is 1.95 bits per heavy atom. The van der Waals surface area contributed by atoms with Crippen molar-refractivity contribution in [1.29, 1.82) is 0 Å². The van der Waals surface area contributed by atoms with Gasteiger partial charge >= 0.3 is 11.6 Å². The Kier molecular flexibility index (Phi) is 4.65. The highest BCUT2D eigenvalue weighted by Gasteiger charge is 2.24. The van der Waals surface area contributed by atoms with E-state index in [0.29, 0.717) is 12.3 Å². The van der Waals surface area contributed by atoms with Crippen LogP contribution in [0, 0.1) is 10.1 Å². The van der Waals surface area contributed by atoms with Gasteiger partial charge < -0.3 is 10.1 Å². The van der Waals surface area contributed by atoms with Gasteiger partial charge in [-0.15, -0.1) is 0 Å². The minimum Gasteiger partial charge on any atom is -0.434 e. The van der Waals surface area contributed by atoms with Crippen LogP contribution >= 0.6 is 0 Å². The Morgan fingerprint density at radius 3 is 2.52 bits per heavy atom. The van der Waals surface area contributed by atoms with E-state index in [0.717, 1.165) is 12.0 Å². The highest BCUT2D eigenvalue weighted by atomic mass is 16.6. The van der Waals surface area contributed by atoms with Gasteiger partial charge in [-0.3, -0.25) is 10.1 Å². The monoisotopic (exact) mass is 288 g/mol. The zero-order valence-corrected chi connectivity index (χ0v) is 11.9. The lowest BCUT2D eigenvalue weighted by Gasteiger charge is -2.08. The second kappa shape index (κ2) is 6.65. The molecule has 0 aliphatic carbocycles. The number of anilines is 1. The SMILES string of the molecule is CCNc1ncnc(Oc2ccc(CC)cc2)c1[N+](=O)[O-]. The van der Waals surface area contributed by atoms with E-state index in [2.05, 4.69) is 15.3 Å². The zero-order chi connectivity index (χ0) is 15.2. The first-order valence-corrected chi connectivity index (χ1v) is 6.65. The summed E-state index contributed by atoms with van der Waals surface area (Å²) in [6.07, 6.45) is 2.15. The van der Waals surface area contributed by atoms with Crippen molar-refractivity contribution in [1.82, 2.24) is 9.97 Å². The average Bonchev–Trinajstić information content (AvgIpc) is 2.48. The zero-order valence-electron chi connectivity index (χ0n) is 11.9. The van der Waals surface area contributed by atoms with E-state index in [4.69, 9.17) is 4.74 Å². The quantitative estimate of drug-likeness (QED) is 0.648. The van der Waals surface area contributed by atoms with Gasteiger partial charge in [0, 0.05) is 6.54 Å². The first-order valence-electron chi connectivity index (χ1n) is 6.65. The molecule has 0 aliphatic rings. The van der Waals surface area contributed by atoms with E-state index in [1.54, 1.807) is 12.1 Å². The Balaban J connectivity index is 2.33. The van der Waals surface area contributed by atoms with E-state index in [-0.39, 0.29) is 17.4 Å². The molecule has 0 unspecified atom stereocenters. The molecule has 1 N–H and O–H groups in total. The smallest absolute Gasteiger partial charge is 0.373 e. The first-order chi connectivity index (χ1) is 10.2. The fraction of sp³-hybridized carbons (Fsp3) is 0.286. The predicted molar refractivity (Wildman–Crippen MR) is 78.7 cm³/mol. The molecule has 2 aromatic rings. The van der Waals surface area contributed by atoms with Crippen LogP contribution in [-0.4, -0.2) is 21.4 Å². The summed E-state index contributed by atoms with van der Waals surface area (Å²) in [6, 6.07) is 7.34. The highest BCUT2D eigenvalue weighted by Crippen LogP contribution is 2.33. The van der Waals surface area contributed by atoms with Crippen LogP contribution in [0.3, 0.4) is 0 Å². The molecule has 0 amide bonds. The summed E-state index contributed by atoms with van der Waals surface area (Å²) in [5.41, 5.74) is 0.895. The molecular formula is C14H16N4O3. The van der Waals surface area contributed by atoms with E-state index < -0.39 is 4.92 Å². The Bertz CT molecular complexity index is 629. The molecule has 0 atom stereocenters. The summed E-state index contributed by atoms with van der Waals surface area (Å²) in [5.74, 6) is 0.573. The van der Waals surface area contributed by atoms with Gasteiger partial charge in [0.1, 0.15) is 12.1 Å². The fourth-order valence-corrected chi connectivity index (χ4v) is 1.80. The Labute approximate surface area is 122 Å². The molecule has 0 saturated carbocycles. The standard InChI is InChI=1S/C14H16N4O3/c1-3-10-5-7-11(8-6-10)21-14-12(18(19)20)13(15-4-2)16-9-17-14/h5-9H,3-4H2,1-2H3,(H,15,16,17). The molecule has 1 aromatic carbocycles. The van der Waals surface area contributed by atoms with Crippen LogP contribution in [-0.2, 0) is 6.42 Å². The number of rotatable bonds is 6. The normalized spacial score (nSPS) is 10.2. The molecule has 2 rings (SSSR count). The molecule has 0 saturated heterocycles. The summed E-state index contributed by atoms with van der Waals surface area (Å²) >= 11 is 0. The maximum absolute atomic E-state index is 11.2. The van der Waals surface area contributed by atoms with Crippen molar-refractivity contribution >= 4 is 11.5 Å². The summed E-state index contributed by atoms with van der Waals surface area (Å²) in [4.78, 5) is 18.4. The van der Waals surface area contributed by atoms with Gasteiger partial charge in [-0.25, -0.2) is 4.98 Å². The van der Waals surface area contributed by atoms with Crippen LogP contribution in [0.15, 0.2) is 30.6 Å². The third-order valence-corrected chi connectivity index (χ3v) is 2.86. The number of nitrogens with zero attached hydrogens (tertiary/aromatic N) is 3.